The van der Waals surface area contributed by atoms with Crippen molar-refractivity contribution >= 4 is 30.4 Å². The van der Waals surface area contributed by atoms with E-state index in [1.54, 1.807) is 12.1 Å². The summed E-state index contributed by atoms with van der Waals surface area (Å²) in [5.74, 6) is -1.31. The molecule has 0 atom stereocenters. The second-order valence-electron chi connectivity index (χ2n) is 1.82. The van der Waals surface area contributed by atoms with Gasteiger partial charge in [-0.25, -0.2) is 4.79 Å². The summed E-state index contributed by atoms with van der Waals surface area (Å²) in [6.07, 6.45) is 0. The summed E-state index contributed by atoms with van der Waals surface area (Å²) in [7, 11) is 0. The third kappa shape index (κ3) is 2.43. The molecule has 0 aromatic heterocycles. The zero-order valence-electron chi connectivity index (χ0n) is 5.56. The molecular weight excluding hydrogens is 254 g/mol. The molecule has 1 rings (SSSR count). The van der Waals surface area contributed by atoms with Crippen LogP contribution in [0, 0.1) is 0 Å². The number of rotatable bonds is 1. The Morgan fingerprint density at radius 3 is 2.18 bits per heavy atom. The Balaban J connectivity index is 0.000001000. The third-order valence-electron chi connectivity index (χ3n) is 1.13. The minimum atomic E-state index is -1.11. The predicted molar refractivity (Wildman–Crippen MR) is 40.8 cm³/mol. The number of benzene rings is 1. The van der Waals surface area contributed by atoms with E-state index in [1.165, 1.54) is 12.1 Å². The zero-order valence-corrected chi connectivity index (χ0v) is 8.11. The van der Waals surface area contributed by atoms with E-state index in [-0.39, 0.29) is 35.7 Å². The number of aromatic carboxylic acids is 1. The first kappa shape index (κ1) is 10.3. The number of carboxylic acids is 1. The predicted octanol–water partition coefficient (Wildman–Crippen LogP) is 0.710. The smallest absolute Gasteiger partial charge is 0.339 e. The second kappa shape index (κ2) is 4.24. The summed E-state index contributed by atoms with van der Waals surface area (Å²) in [4.78, 5) is 10.3. The average Bonchev–Trinajstić information content (AvgIpc) is 1.88. The molecule has 0 aliphatic rings. The van der Waals surface area contributed by atoms with Gasteiger partial charge in [-0.1, -0.05) is 12.1 Å². The van der Waals surface area contributed by atoms with E-state index in [1.807, 2.05) is 0 Å². The van der Waals surface area contributed by atoms with Crippen LogP contribution in [0.25, 0.3) is 0 Å². The van der Waals surface area contributed by atoms with Crippen molar-refractivity contribution in [1.29, 1.82) is 0 Å². The number of carbonyl (C=O) groups is 1. The molecule has 3 radical (unpaired) electrons. The number of phenols is 1. The fraction of sp³-hybridized carbons (Fsp3) is 0. The van der Waals surface area contributed by atoms with Gasteiger partial charge in [-0.2, -0.15) is 0 Å². The minimum absolute atomic E-state index is 0. The van der Waals surface area contributed by atoms with Crippen LogP contribution in [0.1, 0.15) is 10.4 Å². The third-order valence-corrected chi connectivity index (χ3v) is 1.13. The Kier molecular flexibility index (Phi) is 3.97. The maximum atomic E-state index is 10.3. The summed E-state index contributed by atoms with van der Waals surface area (Å²) >= 11 is 0. The van der Waals surface area contributed by atoms with Crippen molar-refractivity contribution in [1.82, 2.24) is 0 Å². The number of carboxylic acid groups (broad SMARTS) is 1. The quantitative estimate of drug-likeness (QED) is 0.731. The molecule has 2 N–H and O–H groups in total. The summed E-state index contributed by atoms with van der Waals surface area (Å²) in [5, 5.41) is 17.3. The molecule has 0 aliphatic heterocycles. The molecule has 1 aromatic carbocycles. The fourth-order valence-electron chi connectivity index (χ4n) is 0.654. The van der Waals surface area contributed by atoms with E-state index < -0.39 is 5.97 Å². The minimum Gasteiger partial charge on any atom is -0.507 e. The van der Waals surface area contributed by atoms with E-state index in [0.29, 0.717) is 0 Å². The molecule has 3 nitrogen and oxygen atoms in total. The molecule has 0 unspecified atom stereocenters. The molecule has 1 aromatic rings. The van der Waals surface area contributed by atoms with Crippen molar-refractivity contribution in [3.8, 4) is 5.75 Å². The van der Waals surface area contributed by atoms with Gasteiger partial charge in [0.05, 0.1) is 0 Å². The van der Waals surface area contributed by atoms with Gasteiger partial charge >= 0.3 is 5.97 Å². The van der Waals surface area contributed by atoms with E-state index in [4.69, 9.17) is 10.2 Å². The molecule has 0 amide bonds. The topological polar surface area (TPSA) is 57.5 Å². The molecule has 0 fully saturated rings. The second-order valence-corrected chi connectivity index (χ2v) is 1.82. The van der Waals surface area contributed by atoms with Crippen LogP contribution in [0.5, 0.6) is 5.75 Å². The van der Waals surface area contributed by atoms with Gasteiger partial charge in [-0.15, -0.1) is 0 Å². The number of hydrogen-bond acceptors (Lipinski definition) is 2. The molecular formula is C7H6O3Sb. The molecule has 0 saturated heterocycles. The van der Waals surface area contributed by atoms with Crippen molar-refractivity contribution in [2.45, 2.75) is 0 Å². The number of aromatic hydroxyl groups is 1. The Labute approximate surface area is 81.1 Å². The van der Waals surface area contributed by atoms with E-state index in [9.17, 15) is 4.79 Å². The van der Waals surface area contributed by atoms with Crippen molar-refractivity contribution in [3.05, 3.63) is 29.8 Å². The number of hydrogen-bond donors (Lipinski definition) is 2. The van der Waals surface area contributed by atoms with Crippen molar-refractivity contribution < 1.29 is 15.0 Å². The maximum absolute atomic E-state index is 10.3. The first-order chi connectivity index (χ1) is 4.72. The van der Waals surface area contributed by atoms with Crippen LogP contribution in [0.15, 0.2) is 24.3 Å². The van der Waals surface area contributed by atoms with Crippen LogP contribution in [-0.2, 0) is 0 Å². The Morgan fingerprint density at radius 1 is 1.27 bits per heavy atom. The van der Waals surface area contributed by atoms with Gasteiger partial charge < -0.3 is 10.2 Å². The fourth-order valence-corrected chi connectivity index (χ4v) is 0.654. The standard InChI is InChI=1S/C7H6O3.Sb/c8-6-4-2-1-3-5(6)7(9)10;/h1-4,8H,(H,9,10);. The first-order valence-electron chi connectivity index (χ1n) is 2.73. The van der Waals surface area contributed by atoms with Gasteiger partial charge in [-0.05, 0) is 12.1 Å². The van der Waals surface area contributed by atoms with Gasteiger partial charge in [0.1, 0.15) is 11.3 Å². The van der Waals surface area contributed by atoms with Crippen LogP contribution in [0.2, 0.25) is 0 Å². The van der Waals surface area contributed by atoms with Crippen LogP contribution in [-0.4, -0.2) is 40.6 Å². The largest absolute Gasteiger partial charge is 0.507 e. The van der Waals surface area contributed by atoms with Gasteiger partial charge in [0.15, 0.2) is 0 Å². The zero-order chi connectivity index (χ0) is 7.56. The van der Waals surface area contributed by atoms with Crippen LogP contribution < -0.4 is 0 Å². The summed E-state index contributed by atoms with van der Waals surface area (Å²) in [5.41, 5.74) is -0.0671. The molecule has 0 spiro atoms. The van der Waals surface area contributed by atoms with Crippen molar-refractivity contribution in [2.75, 3.05) is 0 Å². The van der Waals surface area contributed by atoms with Gasteiger partial charge in [0.2, 0.25) is 0 Å². The van der Waals surface area contributed by atoms with Crippen molar-refractivity contribution in [2.24, 2.45) is 0 Å². The summed E-state index contributed by atoms with van der Waals surface area (Å²) in [6.45, 7) is 0. The Bertz CT molecular complexity index is 260. The van der Waals surface area contributed by atoms with Crippen LogP contribution in [0.4, 0.5) is 0 Å². The van der Waals surface area contributed by atoms with Crippen LogP contribution >= 0.6 is 0 Å². The summed E-state index contributed by atoms with van der Waals surface area (Å²) < 4.78 is 0. The normalized spacial score (nSPS) is 8.36. The molecule has 4 heteroatoms. The van der Waals surface area contributed by atoms with Gasteiger partial charge in [0.25, 0.3) is 0 Å². The maximum Gasteiger partial charge on any atom is 0.339 e. The molecule has 11 heavy (non-hydrogen) atoms. The molecule has 0 saturated carbocycles. The molecule has 0 bridgehead atoms. The van der Waals surface area contributed by atoms with E-state index >= 15 is 0 Å². The average molecular weight is 260 g/mol. The van der Waals surface area contributed by atoms with Gasteiger partial charge in [0, 0.05) is 24.4 Å². The molecule has 0 heterocycles. The molecule has 0 aliphatic carbocycles. The van der Waals surface area contributed by atoms with E-state index in [0.717, 1.165) is 0 Å². The van der Waals surface area contributed by atoms with Gasteiger partial charge in [-0.3, -0.25) is 0 Å². The monoisotopic (exact) mass is 259 g/mol. The van der Waals surface area contributed by atoms with E-state index in [2.05, 4.69) is 0 Å². The molecule has 57 valence electrons. The SMILES string of the molecule is O=C(O)c1ccccc1O.[Sb]. The first-order valence-corrected chi connectivity index (χ1v) is 2.73. The Morgan fingerprint density at radius 2 is 1.82 bits per heavy atom. The summed E-state index contributed by atoms with van der Waals surface area (Å²) in [6, 6.07) is 5.81. The Hall–Kier alpha value is -0.692. The number of para-hydroxylation sites is 1. The van der Waals surface area contributed by atoms with Crippen LogP contribution in [0.3, 0.4) is 0 Å². The van der Waals surface area contributed by atoms with Crippen molar-refractivity contribution in [3.63, 3.8) is 0 Å².